The molecule has 0 amide bonds. The maximum Gasteiger partial charge on any atom is 0.323 e. The average molecular weight is 408 g/mol. The van der Waals surface area contributed by atoms with E-state index in [9.17, 15) is 4.79 Å². The smallest absolute Gasteiger partial charge is 0.323 e. The number of carbonyl (C=O) groups is 1. The first-order valence-electron chi connectivity index (χ1n) is 9.96. The molecule has 150 valence electrons. The Bertz CT molecular complexity index is 961. The van der Waals surface area contributed by atoms with E-state index in [0.717, 1.165) is 29.3 Å². The molecule has 4 rings (SSSR count). The zero-order chi connectivity index (χ0) is 20.1. The van der Waals surface area contributed by atoms with Crippen LogP contribution in [0.3, 0.4) is 0 Å². The third-order valence-electron chi connectivity index (χ3n) is 5.24. The topological polar surface area (TPSA) is 47.6 Å². The molecule has 1 aliphatic rings. The zero-order valence-electron chi connectivity index (χ0n) is 16.5. The highest BCUT2D eigenvalue weighted by molar-refractivity contribution is 7.13. The Labute approximate surface area is 175 Å². The van der Waals surface area contributed by atoms with Gasteiger partial charge in [-0.25, -0.2) is 0 Å². The summed E-state index contributed by atoms with van der Waals surface area (Å²) in [5, 5.41) is 3.99. The molecule has 0 saturated carbocycles. The van der Waals surface area contributed by atoms with Crippen LogP contribution in [0.2, 0.25) is 0 Å². The number of hydrogen-bond acceptors (Lipinski definition) is 5. The van der Waals surface area contributed by atoms with Crippen molar-refractivity contribution in [3.63, 3.8) is 0 Å². The van der Waals surface area contributed by atoms with Crippen molar-refractivity contribution in [2.75, 3.05) is 6.54 Å². The lowest BCUT2D eigenvalue weighted by Gasteiger charge is -2.12. The van der Waals surface area contributed by atoms with E-state index in [4.69, 9.17) is 9.47 Å². The summed E-state index contributed by atoms with van der Waals surface area (Å²) in [4.78, 5) is 13.0. The van der Waals surface area contributed by atoms with Crippen LogP contribution >= 0.6 is 11.3 Å². The van der Waals surface area contributed by atoms with Crippen LogP contribution in [0.25, 0.3) is 11.1 Å². The molecule has 2 aromatic carbocycles. The van der Waals surface area contributed by atoms with E-state index < -0.39 is 0 Å². The Balaban J connectivity index is 1.35. The second-order valence-corrected chi connectivity index (χ2v) is 8.35. The van der Waals surface area contributed by atoms with E-state index in [1.165, 1.54) is 33.6 Å². The van der Waals surface area contributed by atoms with Crippen LogP contribution in [0.4, 0.5) is 0 Å². The lowest BCUT2D eigenvalue weighted by atomic mass is 9.97. The molecule has 0 bridgehead atoms. The van der Waals surface area contributed by atoms with Gasteiger partial charge >= 0.3 is 5.97 Å². The van der Waals surface area contributed by atoms with Crippen LogP contribution in [-0.4, -0.2) is 18.6 Å². The maximum atomic E-state index is 12.0. The zero-order valence-corrected chi connectivity index (χ0v) is 17.3. The summed E-state index contributed by atoms with van der Waals surface area (Å²) in [6.45, 7) is 3.84. The molecule has 4 nitrogen and oxygen atoms in total. The molecule has 29 heavy (non-hydrogen) atoms. The van der Waals surface area contributed by atoms with Gasteiger partial charge in [0.05, 0.1) is 0 Å². The number of nitrogens with one attached hydrogen (secondary N) is 1. The van der Waals surface area contributed by atoms with Gasteiger partial charge in [0.25, 0.3) is 0 Å². The van der Waals surface area contributed by atoms with Crippen LogP contribution in [0, 0.1) is 6.92 Å². The predicted molar refractivity (Wildman–Crippen MR) is 116 cm³/mol. The minimum absolute atomic E-state index is 0.148. The van der Waals surface area contributed by atoms with Gasteiger partial charge in [-0.2, -0.15) is 0 Å². The highest BCUT2D eigenvalue weighted by Crippen LogP contribution is 2.29. The molecule has 1 N–H and O–H groups in total. The van der Waals surface area contributed by atoms with E-state index in [1.54, 1.807) is 0 Å². The summed E-state index contributed by atoms with van der Waals surface area (Å²) >= 11 is 1.52. The van der Waals surface area contributed by atoms with Crippen molar-refractivity contribution in [2.45, 2.75) is 39.0 Å². The van der Waals surface area contributed by atoms with Gasteiger partial charge in [-0.05, 0) is 60.7 Å². The molecular weight excluding hydrogens is 382 g/mol. The summed E-state index contributed by atoms with van der Waals surface area (Å²) in [6.07, 6.45) is 1.89. The van der Waals surface area contributed by atoms with E-state index in [0.29, 0.717) is 13.2 Å². The molecule has 1 aliphatic heterocycles. The largest absolute Gasteiger partial charge is 0.479 e. The van der Waals surface area contributed by atoms with E-state index in [2.05, 4.69) is 54.7 Å². The molecule has 1 saturated heterocycles. The Hall–Kier alpha value is -2.63. The van der Waals surface area contributed by atoms with Gasteiger partial charge in [0.2, 0.25) is 0 Å². The molecular formula is C24H25NO3S. The summed E-state index contributed by atoms with van der Waals surface area (Å²) in [7, 11) is 0. The third-order valence-corrected chi connectivity index (χ3v) is 6.21. The predicted octanol–water partition coefficient (Wildman–Crippen LogP) is 5.10. The van der Waals surface area contributed by atoms with Crippen molar-refractivity contribution >= 4 is 17.3 Å². The van der Waals surface area contributed by atoms with E-state index >= 15 is 0 Å². The van der Waals surface area contributed by atoms with Gasteiger partial charge in [-0.1, -0.05) is 48.5 Å². The number of carbonyl (C=O) groups excluding carboxylic acids is 1. The molecule has 0 spiro atoms. The molecule has 0 unspecified atom stereocenters. The molecule has 1 atom stereocenters. The van der Waals surface area contributed by atoms with Crippen LogP contribution in [0.1, 0.15) is 28.8 Å². The monoisotopic (exact) mass is 407 g/mol. The second-order valence-electron chi connectivity index (χ2n) is 7.22. The van der Waals surface area contributed by atoms with Gasteiger partial charge in [-0.15, -0.1) is 11.3 Å². The summed E-state index contributed by atoms with van der Waals surface area (Å²) in [5.74, 6) is -0.160. The number of benzene rings is 2. The SMILES string of the molecule is Cc1c(COc2ccc(COC(=O)[C@@H]3CCCN3)s2)cccc1-c1ccccc1. The van der Waals surface area contributed by atoms with Gasteiger partial charge in [0.15, 0.2) is 5.06 Å². The molecule has 5 heteroatoms. The number of rotatable bonds is 7. The fourth-order valence-corrected chi connectivity index (χ4v) is 4.33. The Kier molecular flexibility index (Phi) is 6.27. The lowest BCUT2D eigenvalue weighted by molar-refractivity contribution is -0.146. The quantitative estimate of drug-likeness (QED) is 0.554. The Morgan fingerprint density at radius 3 is 2.72 bits per heavy atom. The Morgan fingerprint density at radius 2 is 1.93 bits per heavy atom. The fourth-order valence-electron chi connectivity index (χ4n) is 3.56. The first-order chi connectivity index (χ1) is 14.2. The maximum absolute atomic E-state index is 12.0. The van der Waals surface area contributed by atoms with Gasteiger partial charge < -0.3 is 14.8 Å². The summed E-state index contributed by atoms with van der Waals surface area (Å²) < 4.78 is 11.4. The van der Waals surface area contributed by atoms with Crippen molar-refractivity contribution in [1.29, 1.82) is 0 Å². The molecule has 0 radical (unpaired) electrons. The van der Waals surface area contributed by atoms with Crippen LogP contribution in [-0.2, 0) is 22.7 Å². The fraction of sp³-hybridized carbons (Fsp3) is 0.292. The van der Waals surface area contributed by atoms with Gasteiger partial charge in [-0.3, -0.25) is 4.79 Å². The number of ether oxygens (including phenoxy) is 2. The second kappa shape index (κ2) is 9.25. The molecule has 1 aromatic heterocycles. The molecule has 2 heterocycles. The Morgan fingerprint density at radius 1 is 1.07 bits per heavy atom. The van der Waals surface area contributed by atoms with Crippen molar-refractivity contribution < 1.29 is 14.3 Å². The molecule has 3 aromatic rings. The standard InChI is InChI=1S/C24H25NO3S/c1-17-19(9-5-10-21(17)18-7-3-2-4-8-18)15-27-23-13-12-20(29-23)16-28-24(26)22-11-6-14-25-22/h2-5,7-10,12-13,22,25H,6,11,14-16H2,1H3/t22-/m0/s1. The first kappa shape index (κ1) is 19.7. The van der Waals surface area contributed by atoms with Crippen LogP contribution in [0.5, 0.6) is 5.06 Å². The van der Waals surface area contributed by atoms with Crippen LogP contribution in [0.15, 0.2) is 60.7 Å². The third kappa shape index (κ3) is 4.86. The average Bonchev–Trinajstić information content (AvgIpc) is 3.44. The minimum Gasteiger partial charge on any atom is -0.479 e. The number of hydrogen-bond donors (Lipinski definition) is 1. The van der Waals surface area contributed by atoms with Crippen molar-refractivity contribution in [1.82, 2.24) is 5.32 Å². The van der Waals surface area contributed by atoms with Crippen LogP contribution < -0.4 is 10.1 Å². The number of thiophene rings is 1. The van der Waals surface area contributed by atoms with Gasteiger partial charge in [0.1, 0.15) is 19.3 Å². The highest BCUT2D eigenvalue weighted by atomic mass is 32.1. The highest BCUT2D eigenvalue weighted by Gasteiger charge is 2.23. The molecule has 1 fully saturated rings. The molecule has 0 aliphatic carbocycles. The lowest BCUT2D eigenvalue weighted by Crippen LogP contribution is -2.32. The minimum atomic E-state index is -0.160. The van der Waals surface area contributed by atoms with E-state index in [-0.39, 0.29) is 12.0 Å². The van der Waals surface area contributed by atoms with E-state index in [1.807, 2.05) is 18.2 Å². The van der Waals surface area contributed by atoms with Gasteiger partial charge in [0, 0.05) is 4.88 Å². The first-order valence-corrected chi connectivity index (χ1v) is 10.8. The summed E-state index contributed by atoms with van der Waals surface area (Å²) in [5.41, 5.74) is 4.84. The van der Waals surface area contributed by atoms with Crippen molar-refractivity contribution in [3.05, 3.63) is 76.7 Å². The normalized spacial score (nSPS) is 16.0. The van der Waals surface area contributed by atoms with Crippen molar-refractivity contribution in [3.8, 4) is 16.2 Å². The number of esters is 1. The summed E-state index contributed by atoms with van der Waals surface area (Å²) in [6, 6.07) is 20.5. The van der Waals surface area contributed by atoms with Crippen molar-refractivity contribution in [2.24, 2.45) is 0 Å².